The molecule has 23 heavy (non-hydrogen) atoms. The van der Waals surface area contributed by atoms with Crippen LogP contribution in [0.5, 0.6) is 0 Å². The molecule has 5 nitrogen and oxygen atoms in total. The minimum Gasteiger partial charge on any atom is -0.357 e. The van der Waals surface area contributed by atoms with Crippen molar-refractivity contribution in [1.82, 2.24) is 16.0 Å². The summed E-state index contributed by atoms with van der Waals surface area (Å²) < 4.78 is 0. The summed E-state index contributed by atoms with van der Waals surface area (Å²) in [5, 5.41) is 9.47. The average molecular weight is 438 g/mol. The van der Waals surface area contributed by atoms with Crippen molar-refractivity contribution in [1.29, 1.82) is 0 Å². The summed E-state index contributed by atoms with van der Waals surface area (Å²) in [5.41, 5.74) is -0.209. The highest BCUT2D eigenvalue weighted by Gasteiger charge is 2.14. The normalized spacial score (nSPS) is 16.4. The predicted octanol–water partition coefficient (Wildman–Crippen LogP) is 3.04. The number of aliphatic imine (C=N–C) groups is 1. The Bertz CT molecular complexity index is 360. The molecule has 1 saturated carbocycles. The number of carbonyl (C=O) groups is 1. The van der Waals surface area contributed by atoms with E-state index in [0.29, 0.717) is 0 Å². The minimum atomic E-state index is -0.209. The van der Waals surface area contributed by atoms with Gasteiger partial charge in [0.15, 0.2) is 5.96 Å². The number of nitrogens with one attached hydrogen (secondary N) is 3. The zero-order valence-corrected chi connectivity index (χ0v) is 17.5. The van der Waals surface area contributed by atoms with Gasteiger partial charge >= 0.3 is 0 Å². The van der Waals surface area contributed by atoms with Crippen molar-refractivity contribution in [3.05, 3.63) is 0 Å². The van der Waals surface area contributed by atoms with Crippen LogP contribution < -0.4 is 16.0 Å². The van der Waals surface area contributed by atoms with Gasteiger partial charge in [-0.3, -0.25) is 4.79 Å². The first-order chi connectivity index (χ1) is 10.4. The number of rotatable bonds is 6. The summed E-state index contributed by atoms with van der Waals surface area (Å²) in [6, 6.07) is 0. The Labute approximate surface area is 158 Å². The lowest BCUT2D eigenvalue weighted by Crippen LogP contribution is -2.43. The Morgan fingerprint density at radius 3 is 2.35 bits per heavy atom. The summed E-state index contributed by atoms with van der Waals surface area (Å²) >= 11 is 0. The molecule has 0 aromatic heterocycles. The van der Waals surface area contributed by atoms with Gasteiger partial charge in [0, 0.05) is 18.6 Å². The van der Waals surface area contributed by atoms with Gasteiger partial charge in [-0.25, -0.2) is 4.99 Å². The summed E-state index contributed by atoms with van der Waals surface area (Å²) in [4.78, 5) is 16.2. The molecule has 0 saturated heterocycles. The maximum Gasteiger partial charge on any atom is 0.242 e. The van der Waals surface area contributed by atoms with Gasteiger partial charge in [0.05, 0.1) is 0 Å². The number of hydrogen-bond donors (Lipinski definition) is 3. The van der Waals surface area contributed by atoms with E-state index in [9.17, 15) is 4.79 Å². The molecule has 0 spiro atoms. The Morgan fingerprint density at radius 2 is 1.78 bits per heavy atom. The molecule has 6 heteroatoms. The smallest absolute Gasteiger partial charge is 0.242 e. The molecular formula is C17H35IN4O. The van der Waals surface area contributed by atoms with Gasteiger partial charge in [-0.1, -0.05) is 32.1 Å². The predicted molar refractivity (Wildman–Crippen MR) is 108 cm³/mol. The second-order valence-corrected chi connectivity index (χ2v) is 7.21. The van der Waals surface area contributed by atoms with E-state index >= 15 is 0 Å². The van der Waals surface area contributed by atoms with Gasteiger partial charge in [-0.15, -0.1) is 24.0 Å². The Morgan fingerprint density at radius 1 is 1.13 bits per heavy atom. The third kappa shape index (κ3) is 11.6. The van der Waals surface area contributed by atoms with E-state index < -0.39 is 0 Å². The van der Waals surface area contributed by atoms with E-state index in [0.717, 1.165) is 25.0 Å². The van der Waals surface area contributed by atoms with Crippen LogP contribution in [0, 0.1) is 5.92 Å². The van der Waals surface area contributed by atoms with Crippen molar-refractivity contribution < 1.29 is 4.79 Å². The fourth-order valence-corrected chi connectivity index (χ4v) is 2.82. The Balaban J connectivity index is 0.00000484. The number of amides is 1. The zero-order chi connectivity index (χ0) is 16.4. The van der Waals surface area contributed by atoms with Crippen LogP contribution in [0.1, 0.15) is 66.2 Å². The first kappa shape index (κ1) is 22.5. The van der Waals surface area contributed by atoms with E-state index in [1.54, 1.807) is 0 Å². The number of guanidine groups is 1. The van der Waals surface area contributed by atoms with Crippen LogP contribution in [0.25, 0.3) is 0 Å². The zero-order valence-electron chi connectivity index (χ0n) is 15.2. The first-order valence-electron chi connectivity index (χ1n) is 8.74. The van der Waals surface area contributed by atoms with Crippen LogP contribution in [0.15, 0.2) is 4.99 Å². The summed E-state index contributed by atoms with van der Waals surface area (Å²) in [7, 11) is 0. The fraction of sp³-hybridized carbons (Fsp3) is 0.882. The van der Waals surface area contributed by atoms with Crippen LogP contribution in [-0.2, 0) is 4.79 Å². The van der Waals surface area contributed by atoms with E-state index in [4.69, 9.17) is 0 Å². The van der Waals surface area contributed by atoms with E-state index in [1.165, 1.54) is 38.5 Å². The molecule has 0 aromatic carbocycles. The third-order valence-corrected chi connectivity index (χ3v) is 3.81. The van der Waals surface area contributed by atoms with Gasteiger partial charge in [0.1, 0.15) is 6.54 Å². The quantitative estimate of drug-likeness (QED) is 0.339. The average Bonchev–Trinajstić information content (AvgIpc) is 2.44. The molecule has 1 fully saturated rings. The molecular weight excluding hydrogens is 403 g/mol. The van der Waals surface area contributed by atoms with E-state index in [2.05, 4.69) is 20.9 Å². The molecule has 3 N–H and O–H groups in total. The lowest BCUT2D eigenvalue weighted by Gasteiger charge is -2.22. The van der Waals surface area contributed by atoms with Crippen LogP contribution >= 0.6 is 24.0 Å². The second kappa shape index (κ2) is 11.9. The van der Waals surface area contributed by atoms with Crippen LogP contribution in [-0.4, -0.2) is 37.0 Å². The minimum absolute atomic E-state index is 0. The maximum absolute atomic E-state index is 11.8. The standard InChI is InChI=1S/C17H34N4O.HI/c1-5-18-16(20-13-15(22)21-17(2,3)4)19-12-11-14-9-7-6-8-10-14;/h14H,5-13H2,1-4H3,(H,21,22)(H2,18,19,20);1H. The first-order valence-corrected chi connectivity index (χ1v) is 8.74. The number of nitrogens with zero attached hydrogens (tertiary/aromatic N) is 1. The van der Waals surface area contributed by atoms with Crippen LogP contribution in [0.3, 0.4) is 0 Å². The number of hydrogen-bond acceptors (Lipinski definition) is 2. The largest absolute Gasteiger partial charge is 0.357 e. The highest BCUT2D eigenvalue weighted by molar-refractivity contribution is 14.0. The summed E-state index contributed by atoms with van der Waals surface area (Å²) in [6.45, 7) is 9.85. The lowest BCUT2D eigenvalue weighted by molar-refractivity contribution is -0.121. The Hall–Kier alpha value is -0.530. The summed E-state index contributed by atoms with van der Waals surface area (Å²) in [6.07, 6.45) is 8.08. The van der Waals surface area contributed by atoms with Gasteiger partial charge in [-0.05, 0) is 40.0 Å². The molecule has 1 aliphatic rings. The highest BCUT2D eigenvalue weighted by Crippen LogP contribution is 2.25. The molecule has 0 heterocycles. The number of carbonyl (C=O) groups excluding carboxylic acids is 1. The third-order valence-electron chi connectivity index (χ3n) is 3.81. The van der Waals surface area contributed by atoms with Gasteiger partial charge in [0.2, 0.25) is 5.91 Å². The van der Waals surface area contributed by atoms with Crippen molar-refractivity contribution in [2.24, 2.45) is 10.9 Å². The molecule has 0 atom stereocenters. The maximum atomic E-state index is 11.8. The summed E-state index contributed by atoms with van der Waals surface area (Å²) in [5.74, 6) is 1.55. The topological polar surface area (TPSA) is 65.5 Å². The Kier molecular flexibility index (Phi) is 11.6. The lowest BCUT2D eigenvalue weighted by atomic mass is 9.87. The van der Waals surface area contributed by atoms with Gasteiger partial charge in [-0.2, -0.15) is 0 Å². The fourth-order valence-electron chi connectivity index (χ4n) is 2.82. The molecule has 0 aliphatic heterocycles. The monoisotopic (exact) mass is 438 g/mol. The van der Waals surface area contributed by atoms with Crippen molar-refractivity contribution >= 4 is 35.8 Å². The SMILES string of the molecule is CCNC(=NCC(=O)NC(C)(C)C)NCCC1CCCCC1.I. The van der Waals surface area contributed by atoms with Crippen molar-refractivity contribution in [2.75, 3.05) is 19.6 Å². The molecule has 0 radical (unpaired) electrons. The molecule has 0 aromatic rings. The second-order valence-electron chi connectivity index (χ2n) is 7.21. The molecule has 0 bridgehead atoms. The van der Waals surface area contributed by atoms with E-state index in [1.807, 2.05) is 27.7 Å². The molecule has 1 amide bonds. The molecule has 0 unspecified atom stereocenters. The van der Waals surface area contributed by atoms with Gasteiger partial charge in [0.25, 0.3) is 0 Å². The van der Waals surface area contributed by atoms with Crippen LogP contribution in [0.2, 0.25) is 0 Å². The van der Waals surface area contributed by atoms with Crippen molar-refractivity contribution in [3.8, 4) is 0 Å². The molecule has 1 rings (SSSR count). The van der Waals surface area contributed by atoms with Crippen molar-refractivity contribution in [2.45, 2.75) is 71.8 Å². The van der Waals surface area contributed by atoms with Crippen molar-refractivity contribution in [3.63, 3.8) is 0 Å². The highest BCUT2D eigenvalue weighted by atomic mass is 127. The number of halogens is 1. The van der Waals surface area contributed by atoms with Gasteiger partial charge < -0.3 is 16.0 Å². The molecule has 136 valence electrons. The van der Waals surface area contributed by atoms with E-state index in [-0.39, 0.29) is 42.0 Å². The van der Waals surface area contributed by atoms with Crippen LogP contribution in [0.4, 0.5) is 0 Å². The molecule has 1 aliphatic carbocycles.